The van der Waals surface area contributed by atoms with Gasteiger partial charge in [0.15, 0.2) is 0 Å². The van der Waals surface area contributed by atoms with Crippen molar-refractivity contribution in [1.29, 1.82) is 0 Å². The lowest BCUT2D eigenvalue weighted by atomic mass is 10.1. The summed E-state index contributed by atoms with van der Waals surface area (Å²) in [6.07, 6.45) is 2.73. The Labute approximate surface area is 117 Å². The summed E-state index contributed by atoms with van der Waals surface area (Å²) >= 11 is 0. The average molecular weight is 283 g/mol. The molecule has 0 spiro atoms. The number of ether oxygens (including phenoxy) is 1. The maximum Gasteiger partial charge on any atom is 0.231 e. The molecule has 1 fully saturated rings. The third-order valence-corrected chi connectivity index (χ3v) is 3.05. The van der Waals surface area contributed by atoms with Crippen LogP contribution in [0.25, 0.3) is 11.4 Å². The molecule has 0 amide bonds. The molecule has 0 aliphatic carbocycles. The molecule has 0 saturated carbocycles. The van der Waals surface area contributed by atoms with Gasteiger partial charge in [-0.2, -0.15) is 4.98 Å². The fourth-order valence-electron chi connectivity index (χ4n) is 2.02. The topological polar surface area (TPSA) is 73.1 Å². The van der Waals surface area contributed by atoms with Gasteiger partial charge in [0.2, 0.25) is 17.6 Å². The van der Waals surface area contributed by atoms with Crippen LogP contribution in [0.4, 0.5) is 0 Å². The minimum atomic E-state index is 0. The highest BCUT2D eigenvalue weighted by Crippen LogP contribution is 2.23. The molecule has 19 heavy (non-hydrogen) atoms. The van der Waals surface area contributed by atoms with E-state index in [0.717, 1.165) is 25.1 Å². The highest BCUT2D eigenvalue weighted by molar-refractivity contribution is 5.85. The Balaban J connectivity index is 0.00000133. The van der Waals surface area contributed by atoms with Crippen molar-refractivity contribution in [2.75, 3.05) is 20.2 Å². The van der Waals surface area contributed by atoms with Crippen molar-refractivity contribution in [2.45, 2.75) is 12.3 Å². The molecular formula is C12H15ClN4O2. The first kappa shape index (κ1) is 13.8. The molecule has 0 unspecified atom stereocenters. The molecule has 6 nitrogen and oxygen atoms in total. The first-order valence-electron chi connectivity index (χ1n) is 5.91. The first-order chi connectivity index (χ1) is 8.86. The van der Waals surface area contributed by atoms with E-state index in [9.17, 15) is 0 Å². The molecule has 1 atom stereocenters. The van der Waals surface area contributed by atoms with E-state index < -0.39 is 0 Å². The highest BCUT2D eigenvalue weighted by atomic mass is 35.5. The number of aromatic nitrogens is 3. The molecule has 3 heterocycles. The number of rotatable bonds is 3. The molecule has 1 N–H and O–H groups in total. The van der Waals surface area contributed by atoms with Crippen molar-refractivity contribution in [1.82, 2.24) is 20.4 Å². The number of halogens is 1. The minimum Gasteiger partial charge on any atom is -0.481 e. The monoisotopic (exact) mass is 282 g/mol. The van der Waals surface area contributed by atoms with Crippen LogP contribution >= 0.6 is 12.4 Å². The summed E-state index contributed by atoms with van der Waals surface area (Å²) in [6, 6.07) is 3.65. The second-order valence-electron chi connectivity index (χ2n) is 4.24. The minimum absolute atomic E-state index is 0. The van der Waals surface area contributed by atoms with Crippen molar-refractivity contribution in [3.8, 4) is 17.3 Å². The van der Waals surface area contributed by atoms with Crippen LogP contribution in [0.5, 0.6) is 5.88 Å². The van der Waals surface area contributed by atoms with E-state index in [-0.39, 0.29) is 12.4 Å². The SMILES string of the molecule is COc1ccc(-c2noc([C@@H]3CCNC3)n2)cn1.Cl. The van der Waals surface area contributed by atoms with Crippen molar-refractivity contribution in [3.63, 3.8) is 0 Å². The number of hydrogen-bond donors (Lipinski definition) is 1. The zero-order valence-electron chi connectivity index (χ0n) is 10.5. The molecule has 1 aliphatic heterocycles. The lowest BCUT2D eigenvalue weighted by Crippen LogP contribution is -2.08. The molecule has 0 bridgehead atoms. The fourth-order valence-corrected chi connectivity index (χ4v) is 2.02. The van der Waals surface area contributed by atoms with Crippen LogP contribution in [-0.2, 0) is 0 Å². The summed E-state index contributed by atoms with van der Waals surface area (Å²) < 4.78 is 10.3. The normalized spacial score (nSPS) is 18.1. The summed E-state index contributed by atoms with van der Waals surface area (Å²) in [4.78, 5) is 8.54. The summed E-state index contributed by atoms with van der Waals surface area (Å²) in [6.45, 7) is 1.91. The van der Waals surface area contributed by atoms with Gasteiger partial charge in [0.1, 0.15) is 0 Å². The summed E-state index contributed by atoms with van der Waals surface area (Å²) in [7, 11) is 1.58. The molecule has 0 aromatic carbocycles. The van der Waals surface area contributed by atoms with E-state index in [0.29, 0.717) is 23.5 Å². The highest BCUT2D eigenvalue weighted by Gasteiger charge is 2.23. The molecule has 3 rings (SSSR count). The van der Waals surface area contributed by atoms with Crippen LogP contribution in [0.2, 0.25) is 0 Å². The quantitative estimate of drug-likeness (QED) is 0.923. The van der Waals surface area contributed by atoms with Crippen molar-refractivity contribution in [3.05, 3.63) is 24.2 Å². The molecule has 2 aromatic rings. The standard InChI is InChI=1S/C12H14N4O2.ClH/c1-17-10-3-2-8(7-14-10)11-15-12(18-16-11)9-4-5-13-6-9;/h2-3,7,9,13H,4-6H2,1H3;1H/t9-;/m1./s1. The van der Waals surface area contributed by atoms with Gasteiger partial charge in [-0.05, 0) is 19.0 Å². The Morgan fingerprint density at radius 2 is 2.32 bits per heavy atom. The Bertz CT molecular complexity index is 523. The Morgan fingerprint density at radius 3 is 2.95 bits per heavy atom. The van der Waals surface area contributed by atoms with Gasteiger partial charge >= 0.3 is 0 Å². The van der Waals surface area contributed by atoms with Gasteiger partial charge in [-0.1, -0.05) is 5.16 Å². The predicted octanol–water partition coefficient (Wildman–Crippen LogP) is 1.64. The number of nitrogens with one attached hydrogen (secondary N) is 1. The van der Waals surface area contributed by atoms with Crippen LogP contribution in [0.15, 0.2) is 22.9 Å². The molecular weight excluding hydrogens is 268 g/mol. The van der Waals surface area contributed by atoms with Gasteiger partial charge in [-0.15, -0.1) is 12.4 Å². The van der Waals surface area contributed by atoms with Crippen molar-refractivity contribution in [2.24, 2.45) is 0 Å². The van der Waals surface area contributed by atoms with Gasteiger partial charge in [0, 0.05) is 24.4 Å². The molecule has 7 heteroatoms. The van der Waals surface area contributed by atoms with E-state index >= 15 is 0 Å². The van der Waals surface area contributed by atoms with Gasteiger partial charge < -0.3 is 14.6 Å². The third kappa shape index (κ3) is 2.85. The summed E-state index contributed by atoms with van der Waals surface area (Å²) in [5.41, 5.74) is 0.830. The molecule has 1 saturated heterocycles. The first-order valence-corrected chi connectivity index (χ1v) is 5.91. The predicted molar refractivity (Wildman–Crippen MR) is 71.6 cm³/mol. The van der Waals surface area contributed by atoms with Crippen LogP contribution in [-0.4, -0.2) is 35.3 Å². The van der Waals surface area contributed by atoms with E-state index in [1.54, 1.807) is 19.4 Å². The van der Waals surface area contributed by atoms with Crippen LogP contribution in [0.3, 0.4) is 0 Å². The Morgan fingerprint density at radius 1 is 1.42 bits per heavy atom. The smallest absolute Gasteiger partial charge is 0.231 e. The number of methoxy groups -OCH3 is 1. The maximum absolute atomic E-state index is 5.30. The molecule has 0 radical (unpaired) electrons. The zero-order chi connectivity index (χ0) is 12.4. The van der Waals surface area contributed by atoms with Gasteiger partial charge in [0.25, 0.3) is 0 Å². The second kappa shape index (κ2) is 5.99. The molecule has 2 aromatic heterocycles. The Kier molecular flexibility index (Phi) is 4.34. The van der Waals surface area contributed by atoms with Gasteiger partial charge in [0.05, 0.1) is 13.0 Å². The maximum atomic E-state index is 5.30. The summed E-state index contributed by atoms with van der Waals surface area (Å²) in [5.74, 6) is 2.18. The van der Waals surface area contributed by atoms with E-state index in [4.69, 9.17) is 9.26 Å². The lowest BCUT2D eigenvalue weighted by Gasteiger charge is -1.99. The van der Waals surface area contributed by atoms with Crippen LogP contribution in [0, 0.1) is 0 Å². The van der Waals surface area contributed by atoms with E-state index in [2.05, 4.69) is 20.4 Å². The number of nitrogens with zero attached hydrogens (tertiary/aromatic N) is 3. The Hall–Kier alpha value is -1.66. The zero-order valence-corrected chi connectivity index (χ0v) is 11.3. The molecule has 102 valence electrons. The number of pyridine rings is 1. The van der Waals surface area contributed by atoms with Crippen LogP contribution < -0.4 is 10.1 Å². The second-order valence-corrected chi connectivity index (χ2v) is 4.24. The van der Waals surface area contributed by atoms with Gasteiger partial charge in [-0.3, -0.25) is 0 Å². The average Bonchev–Trinajstić information content (AvgIpc) is 3.09. The van der Waals surface area contributed by atoms with E-state index in [1.807, 2.05) is 6.07 Å². The number of hydrogen-bond acceptors (Lipinski definition) is 6. The third-order valence-electron chi connectivity index (χ3n) is 3.05. The van der Waals surface area contributed by atoms with Crippen LogP contribution in [0.1, 0.15) is 18.2 Å². The van der Waals surface area contributed by atoms with Gasteiger partial charge in [-0.25, -0.2) is 4.98 Å². The molecule has 1 aliphatic rings. The lowest BCUT2D eigenvalue weighted by molar-refractivity contribution is 0.359. The van der Waals surface area contributed by atoms with Crippen molar-refractivity contribution < 1.29 is 9.26 Å². The van der Waals surface area contributed by atoms with E-state index in [1.165, 1.54) is 0 Å². The summed E-state index contributed by atoms with van der Waals surface area (Å²) in [5, 5.41) is 7.27. The fraction of sp³-hybridized carbons (Fsp3) is 0.417. The van der Waals surface area contributed by atoms with Crippen molar-refractivity contribution >= 4 is 12.4 Å². The largest absolute Gasteiger partial charge is 0.481 e.